The number of fused-ring (bicyclic) bond motifs is 7. The number of benzene rings is 1. The zero-order chi connectivity index (χ0) is 33.0. The van der Waals surface area contributed by atoms with Gasteiger partial charge in [-0.2, -0.15) is 0 Å². The molecule has 5 aliphatic rings. The molecule has 254 valence electrons. The molecule has 1 heterocycles. The van der Waals surface area contributed by atoms with Crippen LogP contribution >= 0.6 is 0 Å². The van der Waals surface area contributed by atoms with Gasteiger partial charge >= 0.3 is 17.9 Å². The topological polar surface area (TPSA) is 108 Å². The van der Waals surface area contributed by atoms with E-state index in [4.69, 9.17) is 18.9 Å². The molecule has 6 rings (SSSR count). The summed E-state index contributed by atoms with van der Waals surface area (Å²) in [5.41, 5.74) is 0.143. The van der Waals surface area contributed by atoms with Crippen LogP contribution in [0.5, 0.6) is 0 Å². The minimum Gasteiger partial charge on any atom is -0.466 e. The van der Waals surface area contributed by atoms with Gasteiger partial charge in [0.15, 0.2) is 5.79 Å². The predicted octanol–water partition coefficient (Wildman–Crippen LogP) is 6.73. The molecule has 0 bridgehead atoms. The van der Waals surface area contributed by atoms with Gasteiger partial charge in [0.25, 0.3) is 0 Å². The molecular formula is C38H54O8. The summed E-state index contributed by atoms with van der Waals surface area (Å²) in [6, 6.07) is 9.24. The minimum atomic E-state index is -1.28. The molecule has 0 radical (unpaired) electrons. The van der Waals surface area contributed by atoms with Crippen molar-refractivity contribution in [3.05, 3.63) is 35.9 Å². The summed E-state index contributed by atoms with van der Waals surface area (Å²) in [4.78, 5) is 36.8. The van der Waals surface area contributed by atoms with Gasteiger partial charge in [0.2, 0.25) is 0 Å². The molecule has 5 fully saturated rings. The summed E-state index contributed by atoms with van der Waals surface area (Å²) in [6.45, 7) is 12.3. The number of ether oxygens (including phenoxy) is 4. The number of carbonyl (C=O) groups is 3. The summed E-state index contributed by atoms with van der Waals surface area (Å²) in [7, 11) is 0. The molecular weight excluding hydrogens is 584 g/mol. The summed E-state index contributed by atoms with van der Waals surface area (Å²) in [6.07, 6.45) is 7.28. The second kappa shape index (κ2) is 12.5. The number of esters is 3. The molecule has 8 heteroatoms. The van der Waals surface area contributed by atoms with E-state index in [9.17, 15) is 19.5 Å². The standard InChI is InChI=1S/C38H54O8/c1-22(21-43-24(3)39)12-15-32-23(2)34-37(6)31(20-38(34,42)46-32)29-14-13-27-18-28(44-25(4)40)16-17-36(27,5)30(29)19-33(37)45-35(41)26-10-8-7-9-11-26/h7-11,22-23,27-34,42H,12-21H2,1-6H3/t22-,23-,27+,28+,29-,30+,31+,32-,33-,34-,36+,37-,38+/m1/s1. The fraction of sp³-hybridized carbons (Fsp3) is 0.763. The normalized spacial score (nSPS) is 43.3. The van der Waals surface area contributed by atoms with Crippen molar-refractivity contribution in [2.75, 3.05) is 6.61 Å². The molecule has 8 nitrogen and oxygen atoms in total. The van der Waals surface area contributed by atoms with E-state index in [0.29, 0.717) is 36.3 Å². The zero-order valence-corrected chi connectivity index (χ0v) is 28.5. The fourth-order valence-corrected chi connectivity index (χ4v) is 11.3. The minimum absolute atomic E-state index is 0.0258. The van der Waals surface area contributed by atoms with Gasteiger partial charge < -0.3 is 24.1 Å². The Hall–Kier alpha value is -2.45. The van der Waals surface area contributed by atoms with E-state index in [-0.39, 0.29) is 65.3 Å². The lowest BCUT2D eigenvalue weighted by molar-refractivity contribution is -0.212. The van der Waals surface area contributed by atoms with Gasteiger partial charge in [0.05, 0.1) is 18.3 Å². The molecule has 1 N–H and O–H groups in total. The molecule has 46 heavy (non-hydrogen) atoms. The van der Waals surface area contributed by atoms with E-state index in [2.05, 4.69) is 27.7 Å². The van der Waals surface area contributed by atoms with E-state index < -0.39 is 11.2 Å². The monoisotopic (exact) mass is 638 g/mol. The third kappa shape index (κ3) is 5.80. The van der Waals surface area contributed by atoms with Crippen molar-refractivity contribution in [2.45, 2.75) is 123 Å². The highest BCUT2D eigenvalue weighted by Gasteiger charge is 2.74. The lowest BCUT2D eigenvalue weighted by Crippen LogP contribution is -2.60. The van der Waals surface area contributed by atoms with E-state index in [1.54, 1.807) is 12.1 Å². The Labute approximate surface area is 274 Å². The molecule has 0 spiro atoms. The highest BCUT2D eigenvalue weighted by Crippen LogP contribution is 2.72. The molecule has 13 atom stereocenters. The first-order valence-electron chi connectivity index (χ1n) is 17.7. The Morgan fingerprint density at radius 3 is 2.43 bits per heavy atom. The van der Waals surface area contributed by atoms with Crippen molar-refractivity contribution < 1.29 is 38.4 Å². The first-order chi connectivity index (χ1) is 21.8. The largest absolute Gasteiger partial charge is 0.466 e. The van der Waals surface area contributed by atoms with E-state index in [0.717, 1.165) is 51.4 Å². The number of hydrogen-bond acceptors (Lipinski definition) is 8. The van der Waals surface area contributed by atoms with Gasteiger partial charge in [-0.3, -0.25) is 9.59 Å². The van der Waals surface area contributed by atoms with Crippen molar-refractivity contribution in [2.24, 2.45) is 52.3 Å². The van der Waals surface area contributed by atoms with Crippen LogP contribution in [0.25, 0.3) is 0 Å². The molecule has 0 aromatic heterocycles. The smallest absolute Gasteiger partial charge is 0.338 e. The Morgan fingerprint density at radius 2 is 1.74 bits per heavy atom. The third-order valence-corrected chi connectivity index (χ3v) is 13.4. The highest BCUT2D eigenvalue weighted by atomic mass is 16.6. The molecule has 1 aromatic carbocycles. The van der Waals surface area contributed by atoms with Crippen LogP contribution in [0.2, 0.25) is 0 Å². The molecule has 1 aliphatic heterocycles. The lowest BCUT2D eigenvalue weighted by Gasteiger charge is -2.62. The highest BCUT2D eigenvalue weighted by molar-refractivity contribution is 5.89. The Balaban J connectivity index is 1.28. The van der Waals surface area contributed by atoms with Crippen LogP contribution < -0.4 is 0 Å². The van der Waals surface area contributed by atoms with Gasteiger partial charge in [0.1, 0.15) is 12.2 Å². The van der Waals surface area contributed by atoms with Crippen molar-refractivity contribution in [1.29, 1.82) is 0 Å². The predicted molar refractivity (Wildman–Crippen MR) is 171 cm³/mol. The van der Waals surface area contributed by atoms with Gasteiger partial charge in [0, 0.05) is 31.6 Å². The van der Waals surface area contributed by atoms with Crippen molar-refractivity contribution >= 4 is 17.9 Å². The van der Waals surface area contributed by atoms with Gasteiger partial charge in [-0.25, -0.2) is 4.79 Å². The third-order valence-electron chi connectivity index (χ3n) is 13.4. The number of carbonyl (C=O) groups excluding carboxylic acids is 3. The second-order valence-corrected chi connectivity index (χ2v) is 16.1. The first-order valence-corrected chi connectivity index (χ1v) is 17.7. The molecule has 1 saturated heterocycles. The van der Waals surface area contributed by atoms with Crippen LogP contribution in [0, 0.1) is 52.3 Å². The van der Waals surface area contributed by atoms with E-state index in [1.807, 2.05) is 18.2 Å². The Kier molecular flexibility index (Phi) is 9.12. The maximum atomic E-state index is 13.7. The fourth-order valence-electron chi connectivity index (χ4n) is 11.3. The van der Waals surface area contributed by atoms with E-state index in [1.165, 1.54) is 13.8 Å². The zero-order valence-electron chi connectivity index (χ0n) is 28.5. The molecule has 4 aliphatic carbocycles. The van der Waals surface area contributed by atoms with Gasteiger partial charge in [-0.1, -0.05) is 45.9 Å². The second-order valence-electron chi connectivity index (χ2n) is 16.1. The number of hydrogen-bond donors (Lipinski definition) is 1. The average molecular weight is 639 g/mol. The van der Waals surface area contributed by atoms with E-state index >= 15 is 0 Å². The van der Waals surface area contributed by atoms with Crippen LogP contribution in [-0.4, -0.2) is 53.7 Å². The molecule has 0 unspecified atom stereocenters. The summed E-state index contributed by atoms with van der Waals surface area (Å²) in [5, 5.41) is 12.4. The Morgan fingerprint density at radius 1 is 1.00 bits per heavy atom. The first kappa shape index (κ1) is 33.5. The average Bonchev–Trinajstić information content (AvgIpc) is 3.41. The van der Waals surface area contributed by atoms with Gasteiger partial charge in [-0.15, -0.1) is 0 Å². The summed E-state index contributed by atoms with van der Waals surface area (Å²) >= 11 is 0. The van der Waals surface area contributed by atoms with Crippen LogP contribution in [0.4, 0.5) is 0 Å². The van der Waals surface area contributed by atoms with Crippen LogP contribution in [0.1, 0.15) is 110 Å². The molecule has 0 amide bonds. The maximum Gasteiger partial charge on any atom is 0.338 e. The van der Waals surface area contributed by atoms with Crippen LogP contribution in [-0.2, 0) is 28.5 Å². The van der Waals surface area contributed by atoms with Crippen molar-refractivity contribution in [3.63, 3.8) is 0 Å². The number of aliphatic hydroxyl groups is 1. The number of rotatable bonds is 8. The molecule has 1 aromatic rings. The lowest BCUT2D eigenvalue weighted by atomic mass is 9.43. The summed E-state index contributed by atoms with van der Waals surface area (Å²) < 4.78 is 24.2. The quantitative estimate of drug-likeness (QED) is 0.247. The van der Waals surface area contributed by atoms with Crippen LogP contribution in [0.3, 0.4) is 0 Å². The van der Waals surface area contributed by atoms with Crippen molar-refractivity contribution in [3.8, 4) is 0 Å². The Bertz CT molecular complexity index is 1300. The van der Waals surface area contributed by atoms with Gasteiger partial charge in [-0.05, 0) is 104 Å². The maximum absolute atomic E-state index is 13.7. The van der Waals surface area contributed by atoms with Crippen LogP contribution in [0.15, 0.2) is 30.3 Å². The SMILES string of the molecule is CC(=O)OC[C@H](C)CC[C@H]1O[C@@]2(O)C[C@H]3[C@@H]4CC[C@H]5C[C@@H](OC(C)=O)CC[C@]5(C)[C@H]4C[C@@H](OC(=O)c4ccccc4)[C@]3(C)[C@H]2[C@@H]1C. The molecule has 4 saturated carbocycles. The summed E-state index contributed by atoms with van der Waals surface area (Å²) in [5.74, 6) is -0.627. The van der Waals surface area contributed by atoms with Crippen molar-refractivity contribution in [1.82, 2.24) is 0 Å².